The maximum Gasteiger partial charge on any atom is 0.179 e. The number of nitrogens with zero attached hydrogens (tertiary/aromatic N) is 1. The predicted molar refractivity (Wildman–Crippen MR) is 112 cm³/mol. The minimum atomic E-state index is -0.612. The molecule has 0 saturated heterocycles. The lowest BCUT2D eigenvalue weighted by Crippen LogP contribution is -2.30. The molecule has 134 valence electrons. The second-order valence-corrected chi connectivity index (χ2v) is 7.27. The van der Waals surface area contributed by atoms with Crippen molar-refractivity contribution in [3.63, 3.8) is 0 Å². The van der Waals surface area contributed by atoms with Crippen LogP contribution in [0.5, 0.6) is 0 Å². The average molecular weight is 393 g/mol. The normalized spacial score (nSPS) is 12.6. The van der Waals surface area contributed by atoms with E-state index >= 15 is 0 Å². The minimum Gasteiger partial charge on any atom is -0.377 e. The van der Waals surface area contributed by atoms with Crippen molar-refractivity contribution in [2.24, 2.45) is 0 Å². The molecule has 1 N–H and O–H groups in total. The van der Waals surface area contributed by atoms with E-state index in [2.05, 4.69) is 10.7 Å². The van der Waals surface area contributed by atoms with E-state index in [1.165, 1.54) is 0 Å². The summed E-state index contributed by atoms with van der Waals surface area (Å²) in [5.74, 6) is -0.0921. The first-order valence-electron chi connectivity index (χ1n) is 8.40. The summed E-state index contributed by atoms with van der Waals surface area (Å²) < 4.78 is 0. The van der Waals surface area contributed by atoms with Crippen LogP contribution in [0.2, 0.25) is 5.02 Å². The van der Waals surface area contributed by atoms with E-state index in [0.717, 1.165) is 23.0 Å². The van der Waals surface area contributed by atoms with Gasteiger partial charge < -0.3 is 5.32 Å². The van der Waals surface area contributed by atoms with Crippen LogP contribution < -0.4 is 5.32 Å². The fraction of sp³-hybridized carbons (Fsp3) is 0.0909. The number of nitriles is 1. The Morgan fingerprint density at radius 2 is 1.63 bits per heavy atom. The number of carbonyl (C=O) groups excluding carboxylic acids is 1. The van der Waals surface area contributed by atoms with Crippen LogP contribution in [0.4, 0.5) is 5.69 Å². The highest BCUT2D eigenvalue weighted by molar-refractivity contribution is 8.05. The molecule has 0 bridgehead atoms. The number of nitrogens with one attached hydrogen (secondary N) is 1. The number of thiocyanates is 1. The van der Waals surface area contributed by atoms with Crippen LogP contribution in [0.15, 0.2) is 84.9 Å². The molecule has 0 saturated carbocycles. The van der Waals surface area contributed by atoms with Crippen molar-refractivity contribution in [2.75, 3.05) is 5.32 Å². The van der Waals surface area contributed by atoms with Gasteiger partial charge in [0.25, 0.3) is 0 Å². The molecule has 0 amide bonds. The SMILES string of the molecule is N#CSC(C(=O)c1ccccc1)C(Nc1cccc(Cl)c1)c1ccccc1. The quantitative estimate of drug-likeness (QED) is 0.398. The van der Waals surface area contributed by atoms with Gasteiger partial charge in [-0.2, -0.15) is 5.26 Å². The minimum absolute atomic E-state index is 0.0921. The van der Waals surface area contributed by atoms with Gasteiger partial charge in [-0.05, 0) is 35.5 Å². The van der Waals surface area contributed by atoms with Gasteiger partial charge >= 0.3 is 0 Å². The number of carbonyl (C=O) groups is 1. The molecule has 0 radical (unpaired) electrons. The number of halogens is 1. The monoisotopic (exact) mass is 392 g/mol. The summed E-state index contributed by atoms with van der Waals surface area (Å²) in [5, 5.41) is 14.8. The Bertz CT molecular complexity index is 941. The molecule has 2 atom stereocenters. The highest BCUT2D eigenvalue weighted by Crippen LogP contribution is 2.33. The molecule has 0 spiro atoms. The Kier molecular flexibility index (Phi) is 6.54. The van der Waals surface area contributed by atoms with Crippen molar-refractivity contribution in [3.05, 3.63) is 101 Å². The Hall–Kier alpha value is -2.74. The lowest BCUT2D eigenvalue weighted by molar-refractivity contribution is 0.0983. The maximum atomic E-state index is 13.2. The zero-order valence-corrected chi connectivity index (χ0v) is 16.0. The smallest absolute Gasteiger partial charge is 0.179 e. The molecular weight excluding hydrogens is 376 g/mol. The molecule has 0 aliphatic heterocycles. The van der Waals surface area contributed by atoms with Gasteiger partial charge in [-0.25, -0.2) is 0 Å². The largest absolute Gasteiger partial charge is 0.377 e. The number of benzene rings is 3. The van der Waals surface area contributed by atoms with Gasteiger partial charge in [0, 0.05) is 16.3 Å². The summed E-state index contributed by atoms with van der Waals surface area (Å²) in [6.07, 6.45) is 0. The third-order valence-electron chi connectivity index (χ3n) is 4.10. The average Bonchev–Trinajstić information content (AvgIpc) is 2.71. The van der Waals surface area contributed by atoms with E-state index in [0.29, 0.717) is 10.6 Å². The van der Waals surface area contributed by atoms with E-state index in [4.69, 9.17) is 11.6 Å². The number of anilines is 1. The summed E-state index contributed by atoms with van der Waals surface area (Å²) in [4.78, 5) is 13.2. The van der Waals surface area contributed by atoms with E-state index in [9.17, 15) is 10.1 Å². The fourth-order valence-electron chi connectivity index (χ4n) is 2.85. The van der Waals surface area contributed by atoms with Crippen molar-refractivity contribution in [1.82, 2.24) is 0 Å². The van der Waals surface area contributed by atoms with E-state index in [1.54, 1.807) is 24.3 Å². The van der Waals surface area contributed by atoms with Gasteiger partial charge in [0.1, 0.15) is 10.7 Å². The van der Waals surface area contributed by atoms with Gasteiger partial charge in [0.05, 0.1) is 6.04 Å². The van der Waals surface area contributed by atoms with Crippen LogP contribution in [0.25, 0.3) is 0 Å². The van der Waals surface area contributed by atoms with Gasteiger partial charge in [-0.3, -0.25) is 4.79 Å². The van der Waals surface area contributed by atoms with Crippen LogP contribution in [0.1, 0.15) is 22.0 Å². The van der Waals surface area contributed by atoms with Crippen LogP contribution in [0.3, 0.4) is 0 Å². The molecule has 0 aliphatic rings. The fourth-order valence-corrected chi connectivity index (χ4v) is 3.76. The molecular formula is C22H17ClN2OS. The first kappa shape index (κ1) is 19.0. The summed E-state index contributed by atoms with van der Waals surface area (Å²) in [7, 11) is 0. The standard InChI is InChI=1S/C22H17ClN2OS/c23-18-12-7-13-19(14-18)25-20(16-8-3-1-4-9-16)22(27-15-24)21(26)17-10-5-2-6-11-17/h1-14,20,22,25H. The highest BCUT2D eigenvalue weighted by atomic mass is 35.5. The van der Waals surface area contributed by atoms with Crippen molar-refractivity contribution in [2.45, 2.75) is 11.3 Å². The summed E-state index contributed by atoms with van der Waals surface area (Å²) in [6.45, 7) is 0. The van der Waals surface area contributed by atoms with Crippen molar-refractivity contribution >= 4 is 34.8 Å². The summed E-state index contributed by atoms with van der Waals surface area (Å²) >= 11 is 7.08. The number of ketones is 1. The Morgan fingerprint density at radius 3 is 2.26 bits per heavy atom. The molecule has 3 rings (SSSR count). The predicted octanol–water partition coefficient (Wildman–Crippen LogP) is 5.96. The van der Waals surface area contributed by atoms with Crippen molar-refractivity contribution in [3.8, 4) is 5.40 Å². The van der Waals surface area contributed by atoms with Crippen LogP contribution in [-0.2, 0) is 0 Å². The Morgan fingerprint density at radius 1 is 0.963 bits per heavy atom. The lowest BCUT2D eigenvalue weighted by Gasteiger charge is -2.26. The van der Waals surface area contributed by atoms with Crippen molar-refractivity contribution in [1.29, 1.82) is 5.26 Å². The molecule has 3 nitrogen and oxygen atoms in total. The van der Waals surface area contributed by atoms with E-state index < -0.39 is 5.25 Å². The highest BCUT2D eigenvalue weighted by Gasteiger charge is 2.31. The molecule has 0 heterocycles. The van der Waals surface area contributed by atoms with E-state index in [-0.39, 0.29) is 11.8 Å². The molecule has 0 aromatic heterocycles. The third kappa shape index (κ3) is 4.91. The summed E-state index contributed by atoms with van der Waals surface area (Å²) in [6, 6.07) is 25.7. The van der Waals surface area contributed by atoms with Gasteiger partial charge in [0.2, 0.25) is 0 Å². The van der Waals surface area contributed by atoms with E-state index in [1.807, 2.05) is 60.7 Å². The van der Waals surface area contributed by atoms with Gasteiger partial charge in [-0.1, -0.05) is 78.3 Å². The third-order valence-corrected chi connectivity index (χ3v) is 5.19. The molecule has 0 fully saturated rings. The second kappa shape index (κ2) is 9.27. The molecule has 0 aliphatic carbocycles. The van der Waals surface area contributed by atoms with Crippen molar-refractivity contribution < 1.29 is 4.79 Å². The Balaban J connectivity index is 2.00. The van der Waals surface area contributed by atoms with Gasteiger partial charge in [-0.15, -0.1) is 0 Å². The van der Waals surface area contributed by atoms with Crippen LogP contribution >= 0.6 is 23.4 Å². The zero-order chi connectivity index (χ0) is 19.1. The zero-order valence-electron chi connectivity index (χ0n) is 14.4. The number of thioether (sulfide) groups is 1. The first-order chi connectivity index (χ1) is 13.2. The molecule has 27 heavy (non-hydrogen) atoms. The molecule has 2 unspecified atom stereocenters. The molecule has 3 aromatic carbocycles. The molecule has 3 aromatic rings. The number of hydrogen-bond donors (Lipinski definition) is 1. The first-order valence-corrected chi connectivity index (χ1v) is 9.66. The van der Waals surface area contributed by atoms with Crippen LogP contribution in [-0.4, -0.2) is 11.0 Å². The molecule has 5 heteroatoms. The number of Topliss-reactive ketones (excluding diaryl/α,β-unsaturated/α-hetero) is 1. The topological polar surface area (TPSA) is 52.9 Å². The summed E-state index contributed by atoms with van der Waals surface area (Å²) in [5.41, 5.74) is 2.30. The Labute approximate surface area is 168 Å². The van der Waals surface area contributed by atoms with Crippen LogP contribution in [0, 0.1) is 10.7 Å². The second-order valence-electron chi connectivity index (χ2n) is 5.90. The number of hydrogen-bond acceptors (Lipinski definition) is 4. The van der Waals surface area contributed by atoms with Gasteiger partial charge in [0.15, 0.2) is 5.78 Å². The lowest BCUT2D eigenvalue weighted by atomic mass is 9.97. The maximum absolute atomic E-state index is 13.2. The number of rotatable bonds is 7.